The van der Waals surface area contributed by atoms with Crippen molar-refractivity contribution in [2.75, 3.05) is 10.0 Å². The Balaban J connectivity index is 1.52. The summed E-state index contributed by atoms with van der Waals surface area (Å²) in [6.07, 6.45) is 7.04. The maximum absolute atomic E-state index is 12.5. The van der Waals surface area contributed by atoms with Gasteiger partial charge in [0.15, 0.2) is 11.5 Å². The summed E-state index contributed by atoms with van der Waals surface area (Å²) in [5, 5.41) is 3.19. The van der Waals surface area contributed by atoms with E-state index in [2.05, 4.69) is 20.0 Å². The largest absolute Gasteiger partial charge is 0.337 e. The number of fused-ring (bicyclic) bond motifs is 1. The van der Waals surface area contributed by atoms with E-state index in [0.717, 1.165) is 11.3 Å². The van der Waals surface area contributed by atoms with Crippen LogP contribution >= 0.6 is 0 Å². The fourth-order valence-corrected chi connectivity index (χ4v) is 3.69. The molecule has 0 bridgehead atoms. The highest BCUT2D eigenvalue weighted by molar-refractivity contribution is 7.92. The maximum Gasteiger partial charge on any atom is 0.261 e. The molecule has 0 amide bonds. The van der Waals surface area contributed by atoms with E-state index in [1.165, 1.54) is 0 Å². The first-order valence-electron chi connectivity index (χ1n) is 8.25. The number of aryl methyl sites for hydroxylation is 1. The quantitative estimate of drug-likeness (QED) is 0.553. The number of nitrogens with zero attached hydrogens (tertiary/aromatic N) is 3. The minimum atomic E-state index is -3.62. The van der Waals surface area contributed by atoms with E-state index < -0.39 is 10.0 Å². The van der Waals surface area contributed by atoms with E-state index in [1.807, 2.05) is 23.7 Å². The third-order valence-corrected chi connectivity index (χ3v) is 5.44. The molecule has 0 fully saturated rings. The topological polar surface area (TPSA) is 88.4 Å². The van der Waals surface area contributed by atoms with Crippen LogP contribution in [-0.2, 0) is 10.0 Å². The van der Waals surface area contributed by atoms with Crippen LogP contribution in [0.15, 0.2) is 78.2 Å². The van der Waals surface area contributed by atoms with E-state index >= 15 is 0 Å². The first-order valence-corrected chi connectivity index (χ1v) is 9.74. The van der Waals surface area contributed by atoms with E-state index in [-0.39, 0.29) is 4.90 Å². The summed E-state index contributed by atoms with van der Waals surface area (Å²) < 4.78 is 29.4. The summed E-state index contributed by atoms with van der Waals surface area (Å²) in [6, 6.07) is 13.7. The number of hydrogen-bond donors (Lipinski definition) is 2. The van der Waals surface area contributed by atoms with Crippen LogP contribution in [0.2, 0.25) is 0 Å². The molecule has 4 rings (SSSR count). The lowest BCUT2D eigenvalue weighted by Gasteiger charge is -2.10. The van der Waals surface area contributed by atoms with Gasteiger partial charge in [-0.15, -0.1) is 0 Å². The molecule has 0 saturated carbocycles. The Morgan fingerprint density at radius 2 is 1.48 bits per heavy atom. The zero-order valence-corrected chi connectivity index (χ0v) is 15.3. The molecule has 2 N–H and O–H groups in total. The minimum absolute atomic E-state index is 0.227. The van der Waals surface area contributed by atoms with Gasteiger partial charge in [-0.05, 0) is 43.3 Å². The third kappa shape index (κ3) is 3.61. The Bertz CT molecular complexity index is 1180. The van der Waals surface area contributed by atoms with Crippen LogP contribution in [0.1, 0.15) is 5.56 Å². The van der Waals surface area contributed by atoms with Crippen LogP contribution in [0.4, 0.5) is 17.2 Å². The van der Waals surface area contributed by atoms with Gasteiger partial charge in [-0.1, -0.05) is 17.7 Å². The lowest BCUT2D eigenvalue weighted by molar-refractivity contribution is 0.601. The average molecular weight is 379 g/mol. The van der Waals surface area contributed by atoms with Gasteiger partial charge >= 0.3 is 0 Å². The van der Waals surface area contributed by atoms with Crippen molar-refractivity contribution in [3.05, 3.63) is 78.9 Å². The summed E-state index contributed by atoms with van der Waals surface area (Å²) >= 11 is 0. The van der Waals surface area contributed by atoms with Crippen molar-refractivity contribution in [2.45, 2.75) is 11.8 Å². The molecule has 0 unspecified atom stereocenters. The molecule has 0 spiro atoms. The molecular weight excluding hydrogens is 362 g/mol. The molecule has 0 aliphatic carbocycles. The van der Waals surface area contributed by atoms with Crippen molar-refractivity contribution in [2.24, 2.45) is 0 Å². The predicted octanol–water partition coefficient (Wildman–Crippen LogP) is 3.58. The normalized spacial score (nSPS) is 11.4. The fraction of sp³-hybridized carbons (Fsp3) is 0.0526. The van der Waals surface area contributed by atoms with Crippen molar-refractivity contribution in [1.82, 2.24) is 14.4 Å². The van der Waals surface area contributed by atoms with Gasteiger partial charge in [0.25, 0.3) is 10.0 Å². The summed E-state index contributed by atoms with van der Waals surface area (Å²) in [7, 11) is -3.62. The molecule has 0 radical (unpaired) electrons. The molecule has 0 saturated heterocycles. The molecule has 27 heavy (non-hydrogen) atoms. The highest BCUT2D eigenvalue weighted by Gasteiger charge is 2.13. The first-order chi connectivity index (χ1) is 13.0. The van der Waals surface area contributed by atoms with Crippen LogP contribution in [0, 0.1) is 6.92 Å². The SMILES string of the molecule is Cc1ccc(S(=O)(=O)Nc2ccc(Nc3nccn4ccnc34)cc2)cc1. The second kappa shape index (κ2) is 6.73. The van der Waals surface area contributed by atoms with E-state index in [0.29, 0.717) is 17.2 Å². The molecule has 0 aliphatic rings. The molecule has 0 aliphatic heterocycles. The molecule has 8 heteroatoms. The molecule has 4 aromatic rings. The Labute approximate surface area is 156 Å². The van der Waals surface area contributed by atoms with Gasteiger partial charge in [-0.2, -0.15) is 0 Å². The lowest BCUT2D eigenvalue weighted by Crippen LogP contribution is -2.12. The van der Waals surface area contributed by atoms with E-state index in [4.69, 9.17) is 0 Å². The third-order valence-electron chi connectivity index (χ3n) is 4.04. The number of aromatic nitrogens is 3. The number of hydrogen-bond acceptors (Lipinski definition) is 5. The molecule has 2 heterocycles. The minimum Gasteiger partial charge on any atom is -0.337 e. The predicted molar refractivity (Wildman–Crippen MR) is 105 cm³/mol. The Morgan fingerprint density at radius 1 is 0.852 bits per heavy atom. The van der Waals surface area contributed by atoms with Gasteiger partial charge in [0.05, 0.1) is 4.90 Å². The Kier molecular flexibility index (Phi) is 4.25. The van der Waals surface area contributed by atoms with Gasteiger partial charge < -0.3 is 9.72 Å². The number of nitrogens with one attached hydrogen (secondary N) is 2. The second-order valence-corrected chi connectivity index (χ2v) is 7.74. The number of anilines is 3. The summed E-state index contributed by atoms with van der Waals surface area (Å²) in [5.74, 6) is 0.621. The van der Waals surface area contributed by atoms with E-state index in [9.17, 15) is 8.42 Å². The van der Waals surface area contributed by atoms with Crippen molar-refractivity contribution < 1.29 is 8.42 Å². The fourth-order valence-electron chi connectivity index (χ4n) is 2.63. The van der Waals surface area contributed by atoms with Gasteiger partial charge in [-0.3, -0.25) is 4.72 Å². The molecule has 2 aromatic carbocycles. The first kappa shape index (κ1) is 17.0. The van der Waals surface area contributed by atoms with Crippen LogP contribution in [0.25, 0.3) is 5.65 Å². The maximum atomic E-state index is 12.5. The van der Waals surface area contributed by atoms with Crippen LogP contribution in [0.3, 0.4) is 0 Å². The van der Waals surface area contributed by atoms with E-state index in [1.54, 1.807) is 60.9 Å². The second-order valence-electron chi connectivity index (χ2n) is 6.05. The molecule has 7 nitrogen and oxygen atoms in total. The van der Waals surface area contributed by atoms with Crippen molar-refractivity contribution in [1.29, 1.82) is 0 Å². The smallest absolute Gasteiger partial charge is 0.261 e. The highest BCUT2D eigenvalue weighted by Crippen LogP contribution is 2.22. The highest BCUT2D eigenvalue weighted by atomic mass is 32.2. The summed E-state index contributed by atoms with van der Waals surface area (Å²) in [6.45, 7) is 1.91. The monoisotopic (exact) mass is 379 g/mol. The van der Waals surface area contributed by atoms with Crippen LogP contribution in [0.5, 0.6) is 0 Å². The number of benzene rings is 2. The van der Waals surface area contributed by atoms with Gasteiger partial charge in [0, 0.05) is 36.2 Å². The van der Waals surface area contributed by atoms with Crippen LogP contribution < -0.4 is 10.0 Å². The molecule has 136 valence electrons. The van der Waals surface area contributed by atoms with Gasteiger partial charge in [0.1, 0.15) is 0 Å². The number of imidazole rings is 1. The zero-order valence-electron chi connectivity index (χ0n) is 14.5. The summed E-state index contributed by atoms with van der Waals surface area (Å²) in [4.78, 5) is 8.79. The lowest BCUT2D eigenvalue weighted by atomic mass is 10.2. The number of rotatable bonds is 5. The van der Waals surface area contributed by atoms with Gasteiger partial charge in [0.2, 0.25) is 0 Å². The van der Waals surface area contributed by atoms with Gasteiger partial charge in [-0.25, -0.2) is 18.4 Å². The Hall–Kier alpha value is -3.39. The standard InChI is InChI=1S/C19H17N5O2S/c1-14-2-8-17(9-3-14)27(25,26)23-16-6-4-15(5-7-16)22-18-19-21-11-13-24(19)12-10-20-18/h2-13,23H,1H3,(H,20,22). The molecular formula is C19H17N5O2S. The van der Waals surface area contributed by atoms with Crippen molar-refractivity contribution in [3.63, 3.8) is 0 Å². The zero-order chi connectivity index (χ0) is 18.9. The molecule has 0 atom stereocenters. The summed E-state index contributed by atoms with van der Waals surface area (Å²) in [5.41, 5.74) is 2.97. The van der Waals surface area contributed by atoms with Crippen LogP contribution in [-0.4, -0.2) is 22.8 Å². The molecule has 2 aromatic heterocycles. The Morgan fingerprint density at radius 3 is 2.19 bits per heavy atom. The average Bonchev–Trinajstić information content (AvgIpc) is 3.13. The van der Waals surface area contributed by atoms with Crippen molar-refractivity contribution >= 4 is 32.9 Å². The number of sulfonamides is 1. The van der Waals surface area contributed by atoms with Crippen molar-refractivity contribution in [3.8, 4) is 0 Å².